The molecule has 9 aliphatic rings. The number of esters is 2. The number of carboxylic acids is 1. The molecular formula is C96H100Cl9N10NaO11S4. The minimum Gasteiger partial charge on any atom is -0.870 e. The first-order valence-corrected chi connectivity index (χ1v) is 48.5. The smallest absolute Gasteiger partial charge is 0.870 e. The summed E-state index contributed by atoms with van der Waals surface area (Å²) in [5, 5.41) is 26.9. The van der Waals surface area contributed by atoms with Gasteiger partial charge in [-0.25, -0.2) is 14.4 Å². The summed E-state index contributed by atoms with van der Waals surface area (Å²) in [5.41, 5.74) is 11.5. The molecular weight excluding hydrogens is 1940 g/mol. The van der Waals surface area contributed by atoms with Crippen LogP contribution in [0.2, 0.25) is 40.2 Å². The number of ketones is 1. The van der Waals surface area contributed by atoms with Crippen molar-refractivity contribution in [2.45, 2.75) is 123 Å². The van der Waals surface area contributed by atoms with Crippen LogP contribution in [-0.4, -0.2) is 152 Å². The number of rotatable bonds is 19. The number of benzene rings is 8. The van der Waals surface area contributed by atoms with Gasteiger partial charge < -0.3 is 65.1 Å². The number of carboxylic acid groups (broad SMARTS) is 1. The molecule has 1 amide bonds. The number of nitrogens with one attached hydrogen (secondary N) is 3. The van der Waals surface area contributed by atoms with E-state index in [-0.39, 0.29) is 131 Å². The van der Waals surface area contributed by atoms with Crippen LogP contribution in [0, 0.1) is 23.7 Å². The normalized spacial score (nSPS) is 20.5. The number of ether oxygens (including phenoxy) is 4. The fraction of sp³-hybridized carbons (Fsp3) is 0.344. The number of carbonyl (C=O) groups is 5. The molecule has 21 nitrogen and oxygen atoms in total. The predicted octanol–water partition coefficient (Wildman–Crippen LogP) is 20.8. The van der Waals surface area contributed by atoms with Crippen LogP contribution in [0.3, 0.4) is 0 Å². The fourth-order valence-corrected chi connectivity index (χ4v) is 21.0. The maximum atomic E-state index is 13.5. The summed E-state index contributed by atoms with van der Waals surface area (Å²) in [6.07, 6.45) is 0. The number of nitrogens with zero attached hydrogens (tertiary/aromatic N) is 7. The van der Waals surface area contributed by atoms with Crippen LogP contribution in [0.25, 0.3) is 0 Å². The van der Waals surface area contributed by atoms with Crippen LogP contribution < -0.4 is 45.5 Å². The first-order chi connectivity index (χ1) is 61.8. The van der Waals surface area contributed by atoms with Crippen molar-refractivity contribution in [3.05, 3.63) is 311 Å². The zero-order valence-corrected chi connectivity index (χ0v) is 85.9. The molecule has 131 heavy (non-hydrogen) atoms. The van der Waals surface area contributed by atoms with Crippen molar-refractivity contribution >= 4 is 202 Å². The van der Waals surface area contributed by atoms with Gasteiger partial charge in [-0.05, 0) is 221 Å². The summed E-state index contributed by atoms with van der Waals surface area (Å²) in [5.74, 6) is -1.99. The van der Waals surface area contributed by atoms with Gasteiger partial charge >= 0.3 is 47.5 Å². The molecule has 3 saturated heterocycles. The van der Waals surface area contributed by atoms with E-state index in [0.717, 1.165) is 118 Å². The number of amides is 1. The molecule has 9 unspecified atom stereocenters. The van der Waals surface area contributed by atoms with Crippen LogP contribution in [0.15, 0.2) is 241 Å². The number of carbonyl (C=O) groups excluding carboxylic acids is 4. The van der Waals surface area contributed by atoms with Crippen molar-refractivity contribution in [3.63, 3.8) is 0 Å². The van der Waals surface area contributed by atoms with Gasteiger partial charge in [0.25, 0.3) is 5.91 Å². The predicted molar refractivity (Wildman–Crippen MR) is 532 cm³/mol. The summed E-state index contributed by atoms with van der Waals surface area (Å²) < 4.78 is 20.4. The van der Waals surface area contributed by atoms with Gasteiger partial charge in [0, 0.05) is 89.4 Å². The van der Waals surface area contributed by atoms with E-state index in [4.69, 9.17) is 146 Å². The van der Waals surface area contributed by atoms with Crippen molar-refractivity contribution in [1.29, 1.82) is 0 Å². The maximum absolute atomic E-state index is 13.5. The zero-order valence-electron chi connectivity index (χ0n) is 73.8. The SMILES string of the molecule is C1COCCN1.CC(C)C1=C(C(=O)N2CCOCC2)SC2=NC(c3ccc(Cl)cc3)C(c3ccc(Cl)cc3)N21.CC(C)C1=C(C(=O)O)SC2=NC(c3ccc(Cl)cc3)C(c3ccc(Cl)cc3)N21.CCOC(=O)C(Cl)C(=O)C(C)C.CCOC(=O)C1=C(C(C)C)N2C(=NC(c3ccc(Cl)cc3)C2c2ccc(Cl)cc2)S1.S=C1NC(c2ccc(Cl)cc2)C(c2ccc(Cl)cc2)N1.[Na+].[OH-]. The molecule has 17 rings (SSSR count). The molecule has 35 heteroatoms. The Hall–Kier alpha value is -6.87. The number of allylic oxidation sites excluding steroid dienone is 3. The summed E-state index contributed by atoms with van der Waals surface area (Å²) in [7, 11) is 0. The molecule has 0 aliphatic carbocycles. The summed E-state index contributed by atoms with van der Waals surface area (Å²) in [4.78, 5) is 85.3. The molecule has 8 aromatic rings. The number of thioether (sulfide) groups is 3. The third kappa shape index (κ3) is 26.5. The molecule has 5 N–H and O–H groups in total. The molecule has 0 bridgehead atoms. The van der Waals surface area contributed by atoms with Crippen molar-refractivity contribution in [3.8, 4) is 0 Å². The Kier molecular flexibility index (Phi) is 40.3. The van der Waals surface area contributed by atoms with Gasteiger partial charge in [0.15, 0.2) is 31.8 Å². The van der Waals surface area contributed by atoms with E-state index in [1.807, 2.05) is 208 Å². The average Bonchev–Trinajstić information content (AvgIpc) is 1.58. The van der Waals surface area contributed by atoms with Crippen LogP contribution in [-0.2, 0) is 42.9 Å². The minimum absolute atomic E-state index is 0. The molecule has 9 aliphatic heterocycles. The monoisotopic (exact) mass is 2030 g/mol. The molecule has 0 aromatic heterocycles. The Labute approximate surface area is 850 Å². The van der Waals surface area contributed by atoms with Gasteiger partial charge in [0.1, 0.15) is 32.8 Å². The van der Waals surface area contributed by atoms with Gasteiger partial charge in [0.05, 0.1) is 69.9 Å². The minimum atomic E-state index is -1.15. The Morgan fingerprint density at radius 1 is 0.435 bits per heavy atom. The van der Waals surface area contributed by atoms with Gasteiger partial charge in [-0.1, -0.05) is 245 Å². The average molecular weight is 2040 g/mol. The number of fused-ring (bicyclic) bond motifs is 3. The quantitative estimate of drug-likeness (QED) is 0.0193. The number of thiocarbonyl (C=S) groups is 1. The molecule has 688 valence electrons. The van der Waals surface area contributed by atoms with Crippen LogP contribution in [0.4, 0.5) is 0 Å². The van der Waals surface area contributed by atoms with Crippen molar-refractivity contribution in [1.82, 2.24) is 35.6 Å². The second-order valence-electron chi connectivity index (χ2n) is 31.9. The maximum Gasteiger partial charge on any atom is 1.00 e. The van der Waals surface area contributed by atoms with E-state index in [2.05, 4.69) is 75.2 Å². The topological polar surface area (TPSA) is 259 Å². The molecule has 8 aromatic carbocycles. The number of halogens is 9. The largest absolute Gasteiger partial charge is 1.00 e. The number of hydrogen-bond donors (Lipinski definition) is 4. The van der Waals surface area contributed by atoms with E-state index in [0.29, 0.717) is 78.0 Å². The van der Waals surface area contributed by atoms with Gasteiger partial charge in [-0.3, -0.25) is 24.6 Å². The van der Waals surface area contributed by atoms with E-state index in [1.54, 1.807) is 20.8 Å². The zero-order chi connectivity index (χ0) is 92.6. The number of aliphatic imine (C=N–C) groups is 3. The van der Waals surface area contributed by atoms with Crippen molar-refractivity contribution in [2.24, 2.45) is 38.6 Å². The summed E-state index contributed by atoms with van der Waals surface area (Å²) >= 11 is 63.6. The van der Waals surface area contributed by atoms with Crippen LogP contribution >= 0.6 is 152 Å². The van der Waals surface area contributed by atoms with E-state index < -0.39 is 17.3 Å². The van der Waals surface area contributed by atoms with Crippen LogP contribution in [0.5, 0.6) is 0 Å². The number of Topliss-reactive ketones (excluding diaryl/α,β-unsaturated/α-hetero) is 1. The fourth-order valence-electron chi connectivity index (χ4n) is 15.7. The second kappa shape index (κ2) is 49.8. The number of alkyl halides is 1. The Morgan fingerprint density at radius 2 is 0.718 bits per heavy atom. The number of hydrogen-bond acceptors (Lipinski definition) is 21. The van der Waals surface area contributed by atoms with Crippen LogP contribution in [0.1, 0.15) is 162 Å². The first-order valence-electron chi connectivity index (χ1n) is 42.2. The molecule has 3 fully saturated rings. The van der Waals surface area contributed by atoms with Gasteiger partial charge in [0.2, 0.25) is 0 Å². The summed E-state index contributed by atoms with van der Waals surface area (Å²) in [6, 6.07) is 61.8. The van der Waals surface area contributed by atoms with E-state index >= 15 is 0 Å². The van der Waals surface area contributed by atoms with Crippen molar-refractivity contribution < 1.29 is 83.1 Å². The molecule has 0 saturated carbocycles. The number of aliphatic carboxylic acids is 1. The Bertz CT molecular complexity index is 5440. The van der Waals surface area contributed by atoms with Gasteiger partial charge in [-0.15, -0.1) is 11.6 Å². The first kappa shape index (κ1) is 106. The third-order valence-corrected chi connectivity index (χ3v) is 27.6. The van der Waals surface area contributed by atoms with E-state index in [9.17, 15) is 29.1 Å². The Morgan fingerprint density at radius 3 is 1.00 bits per heavy atom. The molecule has 9 atom stereocenters. The number of morpholine rings is 2. The van der Waals surface area contributed by atoms with Gasteiger partial charge in [-0.2, -0.15) is 0 Å². The molecule has 9 heterocycles. The molecule has 0 radical (unpaired) electrons. The number of amidine groups is 3. The Balaban J connectivity index is 0.000000171. The van der Waals surface area contributed by atoms with E-state index in [1.165, 1.54) is 35.3 Å². The standard InChI is InChI=1S/C25H25Cl2N3O2S.C23H22Cl2N2O2S.C21H18Cl2N2O2S.C15H12Cl2N2S.C8H13ClO3.C4H9NO.Na.H2O/c1-15(2)21-23(24(31)29-11-13-32-14-12-29)33-25-28-20(16-3-7-18(26)8-4-16)22(30(21)25)17-5-9-19(27)10-6-17;1-4-29-22(28)21-19(13(2)3)27-20(15-7-11-17(25)12-8-15)18(26-23(27)30-21)14-5-9-16(24)10-6-14;1-11(2)17-19(20(26)27)28-21-24-16(12-3-7-14(22)8-4-12)18(25(17)21)13-5-9-15(23)10-6-13;16-11-5-1-9(2-6-11)13-14(19-15(20)18-13)10-3-7-12(17)8-4-10;1-4-12-8(11)6(9)7(10)5(2)3;1-3-6-4-2-5-1;;/h3-10,15,20,22H,11-14H2,1-2H3;5-13,18,20H,4H2,1-3H3;3-11,16,18H,1-2H3,(H,26,27);1-8,13-14H,(H2,18,19,20);5-6H,4H2,1-3H3;5H,1-4H2;;1H2/q;;;;;;+1;/p-1. The van der Waals surface area contributed by atoms with Crippen molar-refractivity contribution in [2.75, 3.05) is 65.8 Å². The molecule has 0 spiro atoms. The second-order valence-corrected chi connectivity index (χ2v) is 39.1. The summed E-state index contributed by atoms with van der Waals surface area (Å²) in [6.45, 7) is 26.2. The third-order valence-electron chi connectivity index (χ3n) is 21.7.